The van der Waals surface area contributed by atoms with Gasteiger partial charge in [-0.3, -0.25) is 19.8 Å². The molecule has 1 N–H and O–H groups in total. The molecule has 0 atom stereocenters. The van der Waals surface area contributed by atoms with E-state index in [2.05, 4.69) is 20.1 Å². The quantitative estimate of drug-likeness (QED) is 0.444. The Balaban J connectivity index is 1.28. The van der Waals surface area contributed by atoms with Gasteiger partial charge < -0.3 is 10.2 Å². The normalized spacial score (nSPS) is 14.7. The number of non-ortho nitro benzene ring substituents is 1. The van der Waals surface area contributed by atoms with E-state index < -0.39 is 10.8 Å². The number of para-hydroxylation sites is 1. The first kappa shape index (κ1) is 21.4. The topological polar surface area (TPSA) is 91.6 Å². The molecule has 4 rings (SSSR count). The largest absolute Gasteiger partial charge is 0.351 e. The molecule has 1 saturated heterocycles. The number of hydrogen-bond donors (Lipinski definition) is 1. The number of thiazole rings is 1. The Kier molecular flexibility index (Phi) is 6.30. The Bertz CT molecular complexity index is 1130. The Labute approximate surface area is 186 Å². The lowest BCUT2D eigenvalue weighted by molar-refractivity contribution is -0.384. The molecule has 3 aromatic rings. The minimum absolute atomic E-state index is 0.0868. The van der Waals surface area contributed by atoms with E-state index in [0.29, 0.717) is 18.6 Å². The molecule has 2 heterocycles. The summed E-state index contributed by atoms with van der Waals surface area (Å²) in [5.74, 6) is -0.748. The van der Waals surface area contributed by atoms with Crippen LogP contribution in [0.1, 0.15) is 10.4 Å². The van der Waals surface area contributed by atoms with Crippen molar-refractivity contribution in [2.45, 2.75) is 0 Å². The zero-order valence-electron chi connectivity index (χ0n) is 16.4. The molecule has 1 amide bonds. The molecule has 8 nitrogen and oxygen atoms in total. The minimum Gasteiger partial charge on any atom is -0.351 e. The van der Waals surface area contributed by atoms with Gasteiger partial charge in [-0.25, -0.2) is 9.37 Å². The van der Waals surface area contributed by atoms with Crippen molar-refractivity contribution in [1.29, 1.82) is 0 Å². The third-order valence-corrected chi connectivity index (χ3v) is 6.53. The van der Waals surface area contributed by atoms with Crippen LogP contribution in [-0.2, 0) is 0 Å². The Morgan fingerprint density at radius 1 is 1.26 bits per heavy atom. The van der Waals surface area contributed by atoms with Crippen LogP contribution < -0.4 is 10.2 Å². The second-order valence-electron chi connectivity index (χ2n) is 7.09. The van der Waals surface area contributed by atoms with E-state index in [9.17, 15) is 19.3 Å². The molecule has 162 valence electrons. The minimum atomic E-state index is -0.563. The number of hydrogen-bond acceptors (Lipinski definition) is 7. The van der Waals surface area contributed by atoms with Gasteiger partial charge in [0, 0.05) is 51.4 Å². The zero-order chi connectivity index (χ0) is 22.0. The van der Waals surface area contributed by atoms with Crippen molar-refractivity contribution in [2.24, 2.45) is 0 Å². The van der Waals surface area contributed by atoms with Crippen LogP contribution in [0.2, 0.25) is 5.02 Å². The maximum absolute atomic E-state index is 13.9. The van der Waals surface area contributed by atoms with Crippen molar-refractivity contribution >= 4 is 49.9 Å². The molecule has 1 aliphatic heterocycles. The second-order valence-corrected chi connectivity index (χ2v) is 8.51. The van der Waals surface area contributed by atoms with E-state index in [1.54, 1.807) is 6.07 Å². The van der Waals surface area contributed by atoms with Gasteiger partial charge >= 0.3 is 0 Å². The molecule has 0 aliphatic carbocycles. The van der Waals surface area contributed by atoms with Crippen LogP contribution >= 0.6 is 22.9 Å². The second kappa shape index (κ2) is 9.13. The van der Waals surface area contributed by atoms with Crippen molar-refractivity contribution in [3.05, 3.63) is 62.9 Å². The van der Waals surface area contributed by atoms with Crippen molar-refractivity contribution < 1.29 is 14.1 Å². The summed E-state index contributed by atoms with van der Waals surface area (Å²) >= 11 is 7.49. The number of nitrogens with zero attached hydrogens (tertiary/aromatic N) is 4. The lowest BCUT2D eigenvalue weighted by Gasteiger charge is -2.34. The fourth-order valence-corrected chi connectivity index (χ4v) is 4.66. The van der Waals surface area contributed by atoms with Crippen LogP contribution in [0.5, 0.6) is 0 Å². The summed E-state index contributed by atoms with van der Waals surface area (Å²) in [7, 11) is 0. The number of rotatable bonds is 6. The number of carbonyl (C=O) groups is 1. The fourth-order valence-electron chi connectivity index (χ4n) is 3.42. The highest BCUT2D eigenvalue weighted by Crippen LogP contribution is 2.30. The summed E-state index contributed by atoms with van der Waals surface area (Å²) in [5.41, 5.74) is 0.316. The molecule has 2 aromatic carbocycles. The molecule has 0 spiro atoms. The first-order valence-corrected chi connectivity index (χ1v) is 10.9. The van der Waals surface area contributed by atoms with E-state index in [0.717, 1.165) is 36.0 Å². The van der Waals surface area contributed by atoms with E-state index in [1.807, 2.05) is 6.07 Å². The summed E-state index contributed by atoms with van der Waals surface area (Å²) in [5, 5.41) is 14.7. The number of benzene rings is 2. The number of nitro groups is 1. The first-order valence-electron chi connectivity index (χ1n) is 9.67. The van der Waals surface area contributed by atoms with Gasteiger partial charge in [0.1, 0.15) is 11.3 Å². The standard InChI is InChI=1S/C20H19ClFN5O3S/c21-15-5-4-13(27(29)30)12-14(15)19(28)23-6-7-25-8-10-26(11-9-25)20-24-18-16(22)2-1-3-17(18)31-20/h1-5,12H,6-11H2,(H,23,28). The third-order valence-electron chi connectivity index (χ3n) is 5.12. The lowest BCUT2D eigenvalue weighted by Crippen LogP contribution is -2.48. The predicted molar refractivity (Wildman–Crippen MR) is 119 cm³/mol. The molecule has 11 heteroatoms. The predicted octanol–water partition coefficient (Wildman–Crippen LogP) is 3.55. The molecular weight excluding hydrogens is 445 g/mol. The SMILES string of the molecule is O=C(NCCN1CCN(c2nc3c(F)cccc3s2)CC1)c1cc([N+](=O)[O-])ccc1Cl. The number of nitrogens with one attached hydrogen (secondary N) is 1. The number of nitro benzene ring substituents is 1. The molecule has 1 aromatic heterocycles. The Hall–Kier alpha value is -2.82. The van der Waals surface area contributed by atoms with E-state index in [-0.39, 0.29) is 22.1 Å². The van der Waals surface area contributed by atoms with Crippen LogP contribution in [0.4, 0.5) is 15.2 Å². The maximum atomic E-state index is 13.9. The van der Waals surface area contributed by atoms with Crippen LogP contribution in [0.15, 0.2) is 36.4 Å². The number of aromatic nitrogens is 1. The highest BCUT2D eigenvalue weighted by atomic mass is 35.5. The summed E-state index contributed by atoms with van der Waals surface area (Å²) in [6, 6.07) is 8.76. The monoisotopic (exact) mass is 463 g/mol. The van der Waals surface area contributed by atoms with Gasteiger partial charge in [0.2, 0.25) is 0 Å². The number of piperazine rings is 1. The smallest absolute Gasteiger partial charge is 0.270 e. The number of anilines is 1. The zero-order valence-corrected chi connectivity index (χ0v) is 18.0. The summed E-state index contributed by atoms with van der Waals surface area (Å²) in [6.07, 6.45) is 0. The Morgan fingerprint density at radius 3 is 2.74 bits per heavy atom. The van der Waals surface area contributed by atoms with Gasteiger partial charge in [0.15, 0.2) is 5.13 Å². The fraction of sp³-hybridized carbons (Fsp3) is 0.300. The molecular formula is C20H19ClFN5O3S. The third kappa shape index (κ3) is 4.76. The van der Waals surface area contributed by atoms with Gasteiger partial charge in [0.25, 0.3) is 11.6 Å². The van der Waals surface area contributed by atoms with Crippen molar-refractivity contribution in [3.63, 3.8) is 0 Å². The lowest BCUT2D eigenvalue weighted by atomic mass is 10.2. The molecule has 0 unspecified atom stereocenters. The molecule has 0 saturated carbocycles. The molecule has 1 aliphatic rings. The van der Waals surface area contributed by atoms with Crippen molar-refractivity contribution in [1.82, 2.24) is 15.2 Å². The highest BCUT2D eigenvalue weighted by Gasteiger charge is 2.21. The van der Waals surface area contributed by atoms with Gasteiger partial charge in [0.05, 0.1) is 20.2 Å². The summed E-state index contributed by atoms with van der Waals surface area (Å²) in [6.45, 7) is 4.11. The van der Waals surface area contributed by atoms with Crippen LogP contribution in [0.3, 0.4) is 0 Å². The van der Waals surface area contributed by atoms with Gasteiger partial charge in [-0.2, -0.15) is 0 Å². The summed E-state index contributed by atoms with van der Waals surface area (Å²) < 4.78 is 14.7. The van der Waals surface area contributed by atoms with E-state index in [1.165, 1.54) is 35.6 Å². The number of amides is 1. The molecule has 0 bridgehead atoms. The number of halogens is 2. The first-order chi connectivity index (χ1) is 14.9. The average Bonchev–Trinajstić information content (AvgIpc) is 3.20. The van der Waals surface area contributed by atoms with E-state index >= 15 is 0 Å². The highest BCUT2D eigenvalue weighted by molar-refractivity contribution is 7.22. The molecule has 1 fully saturated rings. The number of fused-ring (bicyclic) bond motifs is 1. The van der Waals surface area contributed by atoms with E-state index in [4.69, 9.17) is 11.6 Å². The molecule has 0 radical (unpaired) electrons. The maximum Gasteiger partial charge on any atom is 0.270 e. The van der Waals surface area contributed by atoms with Gasteiger partial charge in [-0.15, -0.1) is 0 Å². The summed E-state index contributed by atoms with van der Waals surface area (Å²) in [4.78, 5) is 31.5. The van der Waals surface area contributed by atoms with Crippen molar-refractivity contribution in [3.8, 4) is 0 Å². The molecule has 31 heavy (non-hydrogen) atoms. The average molecular weight is 464 g/mol. The van der Waals surface area contributed by atoms with Crippen LogP contribution in [0, 0.1) is 15.9 Å². The van der Waals surface area contributed by atoms with Crippen molar-refractivity contribution in [2.75, 3.05) is 44.2 Å². The van der Waals surface area contributed by atoms with Crippen LogP contribution in [0.25, 0.3) is 10.2 Å². The number of carbonyl (C=O) groups excluding carboxylic acids is 1. The van der Waals surface area contributed by atoms with Crippen LogP contribution in [-0.4, -0.2) is 60.0 Å². The Morgan fingerprint density at radius 2 is 2.03 bits per heavy atom. The van der Waals surface area contributed by atoms with Gasteiger partial charge in [-0.1, -0.05) is 29.0 Å². The van der Waals surface area contributed by atoms with Gasteiger partial charge in [-0.05, 0) is 18.2 Å².